The molecule has 4 nitrogen and oxygen atoms in total. The number of aryl methyl sites for hydroxylation is 3. The van der Waals surface area contributed by atoms with Crippen LogP contribution in [0.25, 0.3) is 0 Å². The maximum atomic E-state index is 12.7. The standard InChI is InChI=1S/C21H23ClN2O2/c1-13-8-14(2)20(15(3)9-13)23-21(26)17-10-19(25)24(12-17)11-16-6-4-5-7-18(16)22/h4-9,17H,10-12H2,1-3H3,(H,23,26). The normalized spacial score (nSPS) is 16.8. The van der Waals surface area contributed by atoms with Crippen molar-refractivity contribution < 1.29 is 9.59 Å². The highest BCUT2D eigenvalue weighted by Crippen LogP contribution is 2.27. The van der Waals surface area contributed by atoms with Gasteiger partial charge >= 0.3 is 0 Å². The maximum absolute atomic E-state index is 12.7. The number of rotatable bonds is 4. The number of hydrogen-bond donors (Lipinski definition) is 1. The van der Waals surface area contributed by atoms with E-state index in [1.165, 1.54) is 5.56 Å². The molecule has 2 aromatic rings. The zero-order valence-corrected chi connectivity index (χ0v) is 16.1. The number of benzene rings is 2. The van der Waals surface area contributed by atoms with Crippen LogP contribution >= 0.6 is 11.6 Å². The fourth-order valence-corrected chi connectivity index (χ4v) is 3.73. The molecule has 5 heteroatoms. The van der Waals surface area contributed by atoms with Gasteiger partial charge in [0.05, 0.1) is 5.92 Å². The van der Waals surface area contributed by atoms with Crippen LogP contribution in [-0.2, 0) is 16.1 Å². The van der Waals surface area contributed by atoms with Gasteiger partial charge < -0.3 is 10.2 Å². The lowest BCUT2D eigenvalue weighted by Gasteiger charge is -2.18. The fourth-order valence-electron chi connectivity index (χ4n) is 3.54. The molecule has 2 amide bonds. The van der Waals surface area contributed by atoms with Gasteiger partial charge in [-0.1, -0.05) is 47.5 Å². The van der Waals surface area contributed by atoms with Crippen molar-refractivity contribution in [2.45, 2.75) is 33.7 Å². The van der Waals surface area contributed by atoms with E-state index in [9.17, 15) is 9.59 Å². The summed E-state index contributed by atoms with van der Waals surface area (Å²) >= 11 is 6.19. The summed E-state index contributed by atoms with van der Waals surface area (Å²) in [6.07, 6.45) is 0.236. The van der Waals surface area contributed by atoms with Crippen molar-refractivity contribution in [2.75, 3.05) is 11.9 Å². The van der Waals surface area contributed by atoms with Crippen molar-refractivity contribution in [3.8, 4) is 0 Å². The molecule has 1 N–H and O–H groups in total. The Balaban J connectivity index is 1.69. The smallest absolute Gasteiger partial charge is 0.229 e. The molecule has 26 heavy (non-hydrogen) atoms. The number of anilines is 1. The first kappa shape index (κ1) is 18.5. The van der Waals surface area contributed by atoms with Crippen LogP contribution in [-0.4, -0.2) is 23.3 Å². The Labute approximate surface area is 159 Å². The number of nitrogens with one attached hydrogen (secondary N) is 1. The predicted octanol–water partition coefficient (Wildman–Crippen LogP) is 4.25. The quantitative estimate of drug-likeness (QED) is 0.874. The molecule has 1 saturated heterocycles. The molecule has 1 unspecified atom stereocenters. The maximum Gasteiger partial charge on any atom is 0.229 e. The summed E-state index contributed by atoms with van der Waals surface area (Å²) in [7, 11) is 0. The van der Waals surface area contributed by atoms with Crippen LogP contribution < -0.4 is 5.32 Å². The summed E-state index contributed by atoms with van der Waals surface area (Å²) in [4.78, 5) is 26.7. The zero-order valence-electron chi connectivity index (χ0n) is 15.3. The molecule has 0 bridgehead atoms. The highest BCUT2D eigenvalue weighted by Gasteiger charge is 2.34. The second kappa shape index (κ2) is 7.50. The SMILES string of the molecule is Cc1cc(C)c(NC(=O)C2CC(=O)N(Cc3ccccc3Cl)C2)c(C)c1. The number of carbonyl (C=O) groups excluding carboxylic acids is 2. The Bertz CT molecular complexity index is 840. The van der Waals surface area contributed by atoms with Crippen molar-refractivity contribution in [1.82, 2.24) is 4.90 Å². The van der Waals surface area contributed by atoms with Gasteiger partial charge in [0.15, 0.2) is 0 Å². The van der Waals surface area contributed by atoms with E-state index >= 15 is 0 Å². The molecule has 0 aromatic heterocycles. The predicted molar refractivity (Wildman–Crippen MR) is 104 cm³/mol. The lowest BCUT2D eigenvalue weighted by Crippen LogP contribution is -2.28. The molecule has 1 aliphatic heterocycles. The minimum absolute atomic E-state index is 0.0116. The summed E-state index contributed by atoms with van der Waals surface area (Å²) in [6.45, 7) is 6.86. The first-order valence-electron chi connectivity index (χ1n) is 8.75. The molecule has 0 spiro atoms. The Morgan fingerprint density at radius 1 is 1.19 bits per heavy atom. The summed E-state index contributed by atoms with van der Waals surface area (Å²) < 4.78 is 0. The number of nitrogens with zero attached hydrogens (tertiary/aromatic N) is 1. The first-order chi connectivity index (χ1) is 12.3. The van der Waals surface area contributed by atoms with Gasteiger partial charge in [0.2, 0.25) is 11.8 Å². The number of likely N-dealkylation sites (tertiary alicyclic amines) is 1. The molecule has 2 aromatic carbocycles. The molecule has 0 radical (unpaired) electrons. The molecule has 3 rings (SSSR count). The van der Waals surface area contributed by atoms with Gasteiger partial charge in [0, 0.05) is 30.2 Å². The van der Waals surface area contributed by atoms with Crippen LogP contribution in [0.4, 0.5) is 5.69 Å². The minimum atomic E-state index is -0.343. The van der Waals surface area contributed by atoms with E-state index in [2.05, 4.69) is 5.32 Å². The molecule has 136 valence electrons. The van der Waals surface area contributed by atoms with Crippen molar-refractivity contribution in [1.29, 1.82) is 0 Å². The largest absolute Gasteiger partial charge is 0.337 e. The molecular formula is C21H23ClN2O2. The third-order valence-electron chi connectivity index (χ3n) is 4.83. The van der Waals surface area contributed by atoms with E-state index in [1.54, 1.807) is 4.90 Å². The third-order valence-corrected chi connectivity index (χ3v) is 5.20. The minimum Gasteiger partial charge on any atom is -0.337 e. The molecule has 0 aliphatic carbocycles. The Hall–Kier alpha value is -2.33. The highest BCUT2D eigenvalue weighted by atomic mass is 35.5. The summed E-state index contributed by atoms with van der Waals surface area (Å²) in [6, 6.07) is 11.6. The lowest BCUT2D eigenvalue weighted by molar-refractivity contribution is -0.128. The molecule has 1 fully saturated rings. The van der Waals surface area contributed by atoms with E-state index in [0.29, 0.717) is 18.1 Å². The van der Waals surface area contributed by atoms with Crippen LogP contribution in [0.1, 0.15) is 28.7 Å². The molecule has 1 heterocycles. The Morgan fingerprint density at radius 3 is 2.50 bits per heavy atom. The first-order valence-corrected chi connectivity index (χ1v) is 9.13. The summed E-state index contributed by atoms with van der Waals surface area (Å²) in [5.41, 5.74) is 4.98. The Morgan fingerprint density at radius 2 is 1.85 bits per heavy atom. The number of halogens is 1. The van der Waals surface area contributed by atoms with E-state index in [4.69, 9.17) is 11.6 Å². The second-order valence-corrected chi connectivity index (χ2v) is 7.44. The van der Waals surface area contributed by atoms with E-state index in [0.717, 1.165) is 22.4 Å². The topological polar surface area (TPSA) is 49.4 Å². The summed E-state index contributed by atoms with van der Waals surface area (Å²) in [5, 5.41) is 3.66. The molecule has 1 aliphatic rings. The number of amides is 2. The van der Waals surface area contributed by atoms with Crippen molar-refractivity contribution in [2.24, 2.45) is 5.92 Å². The second-order valence-electron chi connectivity index (χ2n) is 7.03. The highest BCUT2D eigenvalue weighted by molar-refractivity contribution is 6.31. The van der Waals surface area contributed by atoms with Crippen molar-refractivity contribution in [3.05, 3.63) is 63.7 Å². The van der Waals surface area contributed by atoms with Crippen molar-refractivity contribution in [3.63, 3.8) is 0 Å². The van der Waals surface area contributed by atoms with Crippen LogP contribution in [0.15, 0.2) is 36.4 Å². The van der Waals surface area contributed by atoms with Gasteiger partial charge in [0.25, 0.3) is 0 Å². The molecule has 0 saturated carbocycles. The van der Waals surface area contributed by atoms with Crippen LogP contribution in [0.3, 0.4) is 0 Å². The van der Waals surface area contributed by atoms with Crippen LogP contribution in [0, 0.1) is 26.7 Å². The van der Waals surface area contributed by atoms with Gasteiger partial charge in [0.1, 0.15) is 0 Å². The Kier molecular flexibility index (Phi) is 5.33. The molecule has 1 atom stereocenters. The fraction of sp³-hybridized carbons (Fsp3) is 0.333. The van der Waals surface area contributed by atoms with Gasteiger partial charge in [-0.2, -0.15) is 0 Å². The van der Waals surface area contributed by atoms with Gasteiger partial charge in [-0.15, -0.1) is 0 Å². The van der Waals surface area contributed by atoms with Gasteiger partial charge in [-0.25, -0.2) is 0 Å². The number of carbonyl (C=O) groups is 2. The summed E-state index contributed by atoms with van der Waals surface area (Å²) in [5.74, 6) is -0.456. The van der Waals surface area contributed by atoms with E-state index in [1.807, 2.05) is 57.2 Å². The van der Waals surface area contributed by atoms with Crippen LogP contribution in [0.2, 0.25) is 5.02 Å². The van der Waals surface area contributed by atoms with Crippen LogP contribution in [0.5, 0.6) is 0 Å². The average molecular weight is 371 g/mol. The third kappa shape index (κ3) is 3.91. The van der Waals surface area contributed by atoms with E-state index < -0.39 is 0 Å². The number of hydrogen-bond acceptors (Lipinski definition) is 2. The monoisotopic (exact) mass is 370 g/mol. The van der Waals surface area contributed by atoms with Gasteiger partial charge in [-0.3, -0.25) is 9.59 Å². The lowest BCUT2D eigenvalue weighted by atomic mass is 10.0. The average Bonchev–Trinajstić information content (AvgIpc) is 2.94. The van der Waals surface area contributed by atoms with E-state index in [-0.39, 0.29) is 24.2 Å². The zero-order chi connectivity index (χ0) is 18.8. The van der Waals surface area contributed by atoms with Crippen molar-refractivity contribution >= 4 is 29.1 Å². The van der Waals surface area contributed by atoms with Gasteiger partial charge in [-0.05, 0) is 43.5 Å². The molecular weight excluding hydrogens is 348 g/mol.